The van der Waals surface area contributed by atoms with E-state index in [2.05, 4.69) is 9.97 Å². The minimum absolute atomic E-state index is 0.0206. The first-order valence-electron chi connectivity index (χ1n) is 9.98. The minimum Gasteiger partial charge on any atom is -0.452 e. The molecule has 0 saturated carbocycles. The van der Waals surface area contributed by atoms with Gasteiger partial charge in [0.15, 0.2) is 0 Å². The summed E-state index contributed by atoms with van der Waals surface area (Å²) in [5, 5.41) is 0.177. The summed E-state index contributed by atoms with van der Waals surface area (Å²) in [6.45, 7) is 1.84. The number of rotatable bonds is 6. The fraction of sp³-hybridized carbons (Fsp3) is 0.217. The number of carbonyl (C=O) groups excluding carboxylic acids is 2. The maximum atomic E-state index is 13.0. The highest BCUT2D eigenvalue weighted by Gasteiger charge is 2.31. The zero-order valence-electron chi connectivity index (χ0n) is 18.1. The van der Waals surface area contributed by atoms with E-state index in [1.807, 2.05) is 6.92 Å². The van der Waals surface area contributed by atoms with Crippen molar-refractivity contribution in [3.05, 3.63) is 76.7 Å². The van der Waals surface area contributed by atoms with E-state index >= 15 is 0 Å². The highest BCUT2D eigenvalue weighted by atomic mass is 35.5. The second-order valence-electron chi connectivity index (χ2n) is 6.95. The quantitative estimate of drug-likeness (QED) is 0.428. The van der Waals surface area contributed by atoms with Gasteiger partial charge in [-0.3, -0.25) is 9.78 Å². The lowest BCUT2D eigenvalue weighted by Crippen LogP contribution is -2.38. The smallest absolute Gasteiger partial charge is 0.420 e. The summed E-state index contributed by atoms with van der Waals surface area (Å²) >= 11 is 6.34. The second kappa shape index (κ2) is 10.5. The Kier molecular flexibility index (Phi) is 7.72. The molecule has 0 saturated heterocycles. The van der Waals surface area contributed by atoms with Crippen molar-refractivity contribution in [3.8, 4) is 11.6 Å². The van der Waals surface area contributed by atoms with Gasteiger partial charge in [-0.1, -0.05) is 30.7 Å². The highest BCUT2D eigenvalue weighted by molar-refractivity contribution is 6.35. The normalized spacial score (nSPS) is 11.1. The van der Waals surface area contributed by atoms with Gasteiger partial charge < -0.3 is 9.47 Å². The van der Waals surface area contributed by atoms with Crippen LogP contribution in [0.1, 0.15) is 23.7 Å². The van der Waals surface area contributed by atoms with Gasteiger partial charge in [-0.2, -0.15) is 13.2 Å². The average molecular weight is 494 g/mol. The molecule has 0 radical (unpaired) electrons. The maximum absolute atomic E-state index is 13.0. The third kappa shape index (κ3) is 5.82. The van der Waals surface area contributed by atoms with Crippen LogP contribution in [0.5, 0.6) is 11.6 Å². The van der Waals surface area contributed by atoms with Crippen molar-refractivity contribution >= 4 is 29.3 Å². The summed E-state index contributed by atoms with van der Waals surface area (Å²) in [6.07, 6.45) is -2.91. The Morgan fingerprint density at radius 3 is 2.32 bits per heavy atom. The van der Waals surface area contributed by atoms with Crippen molar-refractivity contribution < 1.29 is 32.2 Å². The lowest BCUT2D eigenvalue weighted by atomic mass is 10.1. The third-order valence-corrected chi connectivity index (χ3v) is 5.10. The SMILES string of the molecule is CCc1nccc(N(C(=O)Cc2ccc(Oc3ccc(C(F)(F)F)cn3)cc2)C(=O)OC)c1Cl. The Hall–Kier alpha value is -3.66. The zero-order valence-corrected chi connectivity index (χ0v) is 18.9. The molecule has 2 amide bonds. The third-order valence-electron chi connectivity index (χ3n) is 4.69. The van der Waals surface area contributed by atoms with Gasteiger partial charge in [-0.25, -0.2) is 14.7 Å². The van der Waals surface area contributed by atoms with Gasteiger partial charge >= 0.3 is 12.3 Å². The van der Waals surface area contributed by atoms with Crippen molar-refractivity contribution in [2.24, 2.45) is 0 Å². The van der Waals surface area contributed by atoms with Crippen molar-refractivity contribution in [2.75, 3.05) is 12.0 Å². The van der Waals surface area contributed by atoms with Gasteiger partial charge in [-0.15, -0.1) is 0 Å². The number of ether oxygens (including phenoxy) is 2. The topological polar surface area (TPSA) is 81.6 Å². The molecule has 0 bridgehead atoms. The number of hydrogen-bond donors (Lipinski definition) is 0. The molecule has 3 rings (SSSR count). The Labute approximate surface area is 198 Å². The number of methoxy groups -OCH3 is 1. The van der Waals surface area contributed by atoms with Gasteiger partial charge in [0.25, 0.3) is 0 Å². The van der Waals surface area contributed by atoms with E-state index in [-0.39, 0.29) is 23.0 Å². The van der Waals surface area contributed by atoms with Gasteiger partial charge in [0.1, 0.15) is 5.75 Å². The molecular weight excluding hydrogens is 475 g/mol. The molecule has 0 atom stereocenters. The second-order valence-corrected chi connectivity index (χ2v) is 7.33. The number of anilines is 1. The van der Waals surface area contributed by atoms with E-state index in [1.54, 1.807) is 12.1 Å². The first kappa shape index (κ1) is 25.0. The molecule has 0 aliphatic carbocycles. The van der Waals surface area contributed by atoms with Crippen LogP contribution in [-0.4, -0.2) is 29.1 Å². The lowest BCUT2D eigenvalue weighted by molar-refractivity contribution is -0.137. The standard InChI is InChI=1S/C23H19ClF3N3O4/c1-3-17-21(24)18(10-11-28-17)30(22(32)33-2)20(31)12-14-4-7-16(8-5-14)34-19-9-6-15(13-29-19)23(25,26)27/h4-11,13H,3,12H2,1-2H3. The van der Waals surface area contributed by atoms with E-state index in [4.69, 9.17) is 21.1 Å². The molecule has 7 nitrogen and oxygen atoms in total. The number of imide groups is 1. The predicted octanol–water partition coefficient (Wildman–Crippen LogP) is 5.85. The molecule has 34 heavy (non-hydrogen) atoms. The van der Waals surface area contributed by atoms with Crippen LogP contribution in [0.3, 0.4) is 0 Å². The zero-order chi connectivity index (χ0) is 24.9. The van der Waals surface area contributed by atoms with Crippen molar-refractivity contribution in [2.45, 2.75) is 25.9 Å². The summed E-state index contributed by atoms with van der Waals surface area (Å²) in [7, 11) is 1.15. The van der Waals surface area contributed by atoms with Crippen LogP contribution in [0.4, 0.5) is 23.7 Å². The van der Waals surface area contributed by atoms with E-state index in [0.29, 0.717) is 29.6 Å². The Bertz CT molecular complexity index is 1170. The largest absolute Gasteiger partial charge is 0.452 e. The number of pyridine rings is 2. The number of benzene rings is 1. The van der Waals surface area contributed by atoms with E-state index in [0.717, 1.165) is 24.1 Å². The summed E-state index contributed by atoms with van der Waals surface area (Å²) in [6, 6.07) is 9.64. The molecule has 178 valence electrons. The van der Waals surface area contributed by atoms with Gasteiger partial charge in [0.05, 0.1) is 35.5 Å². The molecule has 3 aromatic rings. The Morgan fingerprint density at radius 2 is 1.76 bits per heavy atom. The number of aromatic nitrogens is 2. The molecule has 0 spiro atoms. The first-order valence-corrected chi connectivity index (χ1v) is 10.4. The number of aryl methyl sites for hydroxylation is 1. The van der Waals surface area contributed by atoms with Crippen LogP contribution >= 0.6 is 11.6 Å². The van der Waals surface area contributed by atoms with Crippen molar-refractivity contribution in [1.29, 1.82) is 0 Å². The van der Waals surface area contributed by atoms with E-state index < -0.39 is 23.7 Å². The number of nitrogens with zero attached hydrogens (tertiary/aromatic N) is 3. The molecule has 0 N–H and O–H groups in total. The first-order chi connectivity index (χ1) is 16.1. The fourth-order valence-electron chi connectivity index (χ4n) is 2.98. The fourth-order valence-corrected chi connectivity index (χ4v) is 3.31. The molecule has 2 heterocycles. The highest BCUT2D eigenvalue weighted by Crippen LogP contribution is 2.31. The van der Waals surface area contributed by atoms with Gasteiger partial charge in [0.2, 0.25) is 11.8 Å². The predicted molar refractivity (Wildman–Crippen MR) is 118 cm³/mol. The average Bonchev–Trinajstić information content (AvgIpc) is 2.81. The lowest BCUT2D eigenvalue weighted by Gasteiger charge is -2.21. The van der Waals surface area contributed by atoms with Crippen LogP contribution in [0.25, 0.3) is 0 Å². The van der Waals surface area contributed by atoms with Crippen LogP contribution in [0.15, 0.2) is 54.9 Å². The molecule has 0 unspecified atom stereocenters. The number of amides is 2. The summed E-state index contributed by atoms with van der Waals surface area (Å²) in [5.74, 6) is -0.300. The molecule has 11 heteroatoms. The van der Waals surface area contributed by atoms with Crippen molar-refractivity contribution in [1.82, 2.24) is 9.97 Å². The Morgan fingerprint density at radius 1 is 1.06 bits per heavy atom. The van der Waals surface area contributed by atoms with Gasteiger partial charge in [0, 0.05) is 18.5 Å². The number of halogens is 4. The molecule has 0 fully saturated rings. The molecular formula is C23H19ClF3N3O4. The van der Waals surface area contributed by atoms with E-state index in [1.165, 1.54) is 24.4 Å². The number of hydrogen-bond acceptors (Lipinski definition) is 6. The molecule has 0 aliphatic heterocycles. The minimum atomic E-state index is -4.49. The monoisotopic (exact) mass is 493 g/mol. The van der Waals surface area contributed by atoms with Gasteiger partial charge in [-0.05, 0) is 36.2 Å². The van der Waals surface area contributed by atoms with Crippen molar-refractivity contribution in [3.63, 3.8) is 0 Å². The maximum Gasteiger partial charge on any atom is 0.420 e. The number of alkyl halides is 3. The van der Waals surface area contributed by atoms with Crippen LogP contribution in [-0.2, 0) is 28.5 Å². The Balaban J connectivity index is 1.74. The summed E-state index contributed by atoms with van der Waals surface area (Å²) in [4.78, 5) is 33.9. The summed E-state index contributed by atoms with van der Waals surface area (Å²) in [5.41, 5.74) is 0.356. The molecule has 1 aromatic carbocycles. The van der Waals surface area contributed by atoms with E-state index in [9.17, 15) is 22.8 Å². The summed E-state index contributed by atoms with van der Waals surface area (Å²) < 4.78 is 48.1. The van der Waals surface area contributed by atoms with Crippen LogP contribution in [0, 0.1) is 0 Å². The molecule has 0 aliphatic rings. The molecule has 2 aromatic heterocycles. The number of carbonyl (C=O) groups is 2. The van der Waals surface area contributed by atoms with Crippen LogP contribution in [0.2, 0.25) is 5.02 Å². The van der Waals surface area contributed by atoms with Crippen LogP contribution < -0.4 is 9.64 Å².